The van der Waals surface area contributed by atoms with E-state index in [4.69, 9.17) is 19.9 Å². The van der Waals surface area contributed by atoms with Crippen molar-refractivity contribution >= 4 is 21.8 Å². The zero-order chi connectivity index (χ0) is 44.5. The molecule has 0 bridgehead atoms. The number of benzene rings is 10. The summed E-state index contributed by atoms with van der Waals surface area (Å²) in [6, 6.07) is 87.1. The molecule has 0 spiro atoms. The fourth-order valence-corrected chi connectivity index (χ4v) is 9.21. The van der Waals surface area contributed by atoms with Crippen LogP contribution in [0.1, 0.15) is 0 Å². The van der Waals surface area contributed by atoms with Crippen LogP contribution in [0.15, 0.2) is 249 Å². The van der Waals surface area contributed by atoms with Gasteiger partial charge in [0.25, 0.3) is 0 Å². The number of fused-ring (bicyclic) bond motifs is 2. The lowest BCUT2D eigenvalue weighted by atomic mass is 9.89. The fraction of sp³-hybridized carbons (Fsp3) is 0. The molecule has 0 aliphatic carbocycles. The van der Waals surface area contributed by atoms with Gasteiger partial charge in [-0.25, -0.2) is 19.9 Å². The van der Waals surface area contributed by atoms with E-state index in [1.165, 1.54) is 33.0 Å². The predicted molar refractivity (Wildman–Crippen MR) is 275 cm³/mol. The van der Waals surface area contributed by atoms with Crippen molar-refractivity contribution in [3.05, 3.63) is 249 Å². The lowest BCUT2D eigenvalue weighted by Crippen LogP contribution is -2.00. The SMILES string of the molecule is c1ccc(-c2ccc(-c3nc(-c4ccccc4)nc(-c4ccc(-c5cccc6c(-c7ccccc7-c7ccc(-c8nc9ccccc9n8-c8ccccc8)cc7)cccc56)cc4)n3)cc2)cc1. The monoisotopic (exact) mass is 855 g/mol. The molecule has 0 aliphatic rings. The summed E-state index contributed by atoms with van der Waals surface area (Å²) in [6.07, 6.45) is 0. The van der Waals surface area contributed by atoms with Crippen molar-refractivity contribution < 1.29 is 0 Å². The normalized spacial score (nSPS) is 11.3. The van der Waals surface area contributed by atoms with Gasteiger partial charge in [-0.15, -0.1) is 0 Å². The molecule has 12 rings (SSSR count). The molecule has 0 fully saturated rings. The highest BCUT2D eigenvalue weighted by Gasteiger charge is 2.18. The van der Waals surface area contributed by atoms with Gasteiger partial charge in [-0.05, 0) is 79.5 Å². The van der Waals surface area contributed by atoms with Gasteiger partial charge < -0.3 is 0 Å². The number of nitrogens with zero attached hydrogens (tertiary/aromatic N) is 5. The molecule has 10 aromatic carbocycles. The predicted octanol–water partition coefficient (Wildman–Crippen LogP) is 15.7. The van der Waals surface area contributed by atoms with E-state index >= 15 is 0 Å². The van der Waals surface area contributed by atoms with Crippen LogP contribution in [-0.4, -0.2) is 24.5 Å². The summed E-state index contributed by atoms with van der Waals surface area (Å²) in [7, 11) is 0. The Balaban J connectivity index is 0.877. The van der Waals surface area contributed by atoms with Crippen LogP contribution in [-0.2, 0) is 0 Å². The zero-order valence-corrected chi connectivity index (χ0v) is 36.4. The molecule has 2 heterocycles. The van der Waals surface area contributed by atoms with E-state index in [0.717, 1.165) is 67.1 Å². The van der Waals surface area contributed by atoms with Gasteiger partial charge in [-0.2, -0.15) is 0 Å². The quantitative estimate of drug-likeness (QED) is 0.145. The Morgan fingerprint density at radius 1 is 0.239 bits per heavy atom. The summed E-state index contributed by atoms with van der Waals surface area (Å²) in [5.74, 6) is 2.82. The highest BCUT2D eigenvalue weighted by molar-refractivity contribution is 6.06. The first-order valence-corrected chi connectivity index (χ1v) is 22.5. The summed E-state index contributed by atoms with van der Waals surface area (Å²) < 4.78 is 2.25. The van der Waals surface area contributed by atoms with Crippen molar-refractivity contribution in [2.45, 2.75) is 0 Å². The molecule has 5 heteroatoms. The standard InChI is InChI=1S/C62H41N5/c1-4-16-42(17-5-1)43-30-36-47(37-31-43)60-64-59(46-18-6-2-7-19-46)65-61(66-60)48-38-32-44(33-39-48)52-24-14-26-56-54(52)25-15-27-55(56)53-23-11-10-22-51(53)45-34-40-49(41-35-45)62-63-57-28-12-13-29-58(57)67(62)50-20-8-3-9-21-50/h1-41H. The van der Waals surface area contributed by atoms with Crippen LogP contribution in [0, 0.1) is 0 Å². The van der Waals surface area contributed by atoms with Gasteiger partial charge in [-0.3, -0.25) is 4.57 Å². The summed E-state index contributed by atoms with van der Waals surface area (Å²) in [4.78, 5) is 20.1. The van der Waals surface area contributed by atoms with Crippen LogP contribution >= 0.6 is 0 Å². The first-order chi connectivity index (χ1) is 33.2. The van der Waals surface area contributed by atoms with Gasteiger partial charge in [0, 0.05) is 27.9 Å². The van der Waals surface area contributed by atoms with E-state index in [9.17, 15) is 0 Å². The second kappa shape index (κ2) is 17.1. The number of hydrogen-bond acceptors (Lipinski definition) is 4. The van der Waals surface area contributed by atoms with Crippen LogP contribution in [0.25, 0.3) is 118 Å². The molecular formula is C62H41N5. The molecule has 0 radical (unpaired) electrons. The van der Waals surface area contributed by atoms with Gasteiger partial charge in [0.15, 0.2) is 17.5 Å². The van der Waals surface area contributed by atoms with Gasteiger partial charge in [0.05, 0.1) is 11.0 Å². The number of imidazole rings is 1. The third kappa shape index (κ3) is 7.54. The van der Waals surface area contributed by atoms with E-state index in [1.807, 2.05) is 48.5 Å². The van der Waals surface area contributed by atoms with E-state index in [2.05, 4.69) is 205 Å². The molecule has 0 amide bonds. The van der Waals surface area contributed by atoms with Crippen molar-refractivity contribution in [1.29, 1.82) is 0 Å². The number of para-hydroxylation sites is 3. The zero-order valence-electron chi connectivity index (χ0n) is 36.4. The first kappa shape index (κ1) is 39.5. The van der Waals surface area contributed by atoms with Gasteiger partial charge in [0.2, 0.25) is 0 Å². The van der Waals surface area contributed by atoms with Crippen molar-refractivity contribution in [3.63, 3.8) is 0 Å². The maximum absolute atomic E-state index is 5.11. The maximum atomic E-state index is 5.11. The van der Waals surface area contributed by atoms with Crippen LogP contribution in [0.5, 0.6) is 0 Å². The average Bonchev–Trinajstić information content (AvgIpc) is 3.81. The Kier molecular flexibility index (Phi) is 10.1. The minimum absolute atomic E-state index is 0.627. The Morgan fingerprint density at radius 3 is 1.27 bits per heavy atom. The minimum Gasteiger partial charge on any atom is -0.292 e. The van der Waals surface area contributed by atoms with Crippen molar-refractivity contribution in [1.82, 2.24) is 24.5 Å². The van der Waals surface area contributed by atoms with Crippen LogP contribution < -0.4 is 0 Å². The van der Waals surface area contributed by atoms with E-state index < -0.39 is 0 Å². The molecule has 0 atom stereocenters. The highest BCUT2D eigenvalue weighted by atomic mass is 15.1. The number of hydrogen-bond donors (Lipinski definition) is 0. The fourth-order valence-electron chi connectivity index (χ4n) is 9.21. The van der Waals surface area contributed by atoms with E-state index in [1.54, 1.807) is 0 Å². The minimum atomic E-state index is 0.627. The molecule has 5 nitrogen and oxygen atoms in total. The summed E-state index contributed by atoms with van der Waals surface area (Å²) >= 11 is 0. The van der Waals surface area contributed by atoms with E-state index in [0.29, 0.717) is 17.5 Å². The summed E-state index contributed by atoms with van der Waals surface area (Å²) in [5, 5.41) is 2.38. The topological polar surface area (TPSA) is 56.5 Å². The second-order valence-corrected chi connectivity index (χ2v) is 16.6. The molecule has 0 N–H and O–H groups in total. The lowest BCUT2D eigenvalue weighted by Gasteiger charge is -2.15. The average molecular weight is 856 g/mol. The molecule has 0 saturated carbocycles. The van der Waals surface area contributed by atoms with Gasteiger partial charge in [0.1, 0.15) is 5.82 Å². The Morgan fingerprint density at radius 2 is 0.642 bits per heavy atom. The Labute approximate surface area is 389 Å². The molecule has 0 saturated heterocycles. The van der Waals surface area contributed by atoms with Crippen molar-refractivity contribution in [3.8, 4) is 95.7 Å². The van der Waals surface area contributed by atoms with Gasteiger partial charge >= 0.3 is 0 Å². The Hall–Kier alpha value is -9.06. The molecule has 2 aromatic heterocycles. The maximum Gasteiger partial charge on any atom is 0.164 e. The molecule has 12 aromatic rings. The third-order valence-corrected chi connectivity index (χ3v) is 12.5. The molecule has 0 aliphatic heterocycles. The smallest absolute Gasteiger partial charge is 0.164 e. The van der Waals surface area contributed by atoms with Crippen LogP contribution in [0.3, 0.4) is 0 Å². The van der Waals surface area contributed by atoms with Crippen LogP contribution in [0.2, 0.25) is 0 Å². The largest absolute Gasteiger partial charge is 0.292 e. The second-order valence-electron chi connectivity index (χ2n) is 16.6. The van der Waals surface area contributed by atoms with Crippen molar-refractivity contribution in [2.24, 2.45) is 0 Å². The summed E-state index contributed by atoms with van der Waals surface area (Å²) in [6.45, 7) is 0. The summed E-state index contributed by atoms with van der Waals surface area (Å²) in [5.41, 5.74) is 16.3. The van der Waals surface area contributed by atoms with Crippen LogP contribution in [0.4, 0.5) is 0 Å². The van der Waals surface area contributed by atoms with Gasteiger partial charge in [-0.1, -0.05) is 224 Å². The number of aromatic nitrogens is 5. The first-order valence-electron chi connectivity index (χ1n) is 22.5. The highest BCUT2D eigenvalue weighted by Crippen LogP contribution is 2.40. The lowest BCUT2D eigenvalue weighted by molar-refractivity contribution is 1.07. The molecular weight excluding hydrogens is 815 g/mol. The number of rotatable bonds is 9. The van der Waals surface area contributed by atoms with E-state index in [-0.39, 0.29) is 0 Å². The van der Waals surface area contributed by atoms with Crippen molar-refractivity contribution in [2.75, 3.05) is 0 Å². The molecule has 0 unspecified atom stereocenters. The third-order valence-electron chi connectivity index (χ3n) is 12.5. The Bertz CT molecular complexity index is 3700. The molecule has 67 heavy (non-hydrogen) atoms. The molecule has 314 valence electrons.